The Balaban J connectivity index is 3.50. The Hall–Kier alpha value is -0.600. The van der Waals surface area contributed by atoms with Crippen molar-refractivity contribution in [3.05, 3.63) is 10.1 Å². The van der Waals surface area contributed by atoms with Gasteiger partial charge in [0.15, 0.2) is 0 Å². The third-order valence-corrected chi connectivity index (χ3v) is 4.83. The molecule has 0 aliphatic carbocycles. The van der Waals surface area contributed by atoms with Crippen molar-refractivity contribution in [1.29, 1.82) is 0 Å². The molecule has 0 saturated carbocycles. The molecule has 0 amide bonds. The third-order valence-electron chi connectivity index (χ3n) is 4.83. The minimum Gasteiger partial charge on any atom is -0.264 e. The van der Waals surface area contributed by atoms with Gasteiger partial charge in [0.05, 0.1) is 0 Å². The second-order valence-corrected chi connectivity index (χ2v) is 7.11. The van der Waals surface area contributed by atoms with E-state index in [1.54, 1.807) is 0 Å². The van der Waals surface area contributed by atoms with E-state index >= 15 is 0 Å². The highest BCUT2D eigenvalue weighted by Crippen LogP contribution is 2.16. The van der Waals surface area contributed by atoms with Crippen molar-refractivity contribution >= 4 is 0 Å². The fraction of sp³-hybridized carbons (Fsp3) is 1.00. The lowest BCUT2D eigenvalue weighted by Crippen LogP contribution is -2.19. The molecule has 0 rings (SSSR count). The minimum absolute atomic E-state index is 0.0294. The lowest BCUT2D eigenvalue weighted by atomic mass is 10.0. The molecule has 1 unspecified atom stereocenters. The van der Waals surface area contributed by atoms with Crippen LogP contribution in [0.4, 0.5) is 0 Å². The van der Waals surface area contributed by atoms with E-state index in [1.165, 1.54) is 83.5 Å². The molecular formula is C20H41NO2. The molecule has 0 radical (unpaired) electrons. The van der Waals surface area contributed by atoms with E-state index in [0.717, 1.165) is 25.7 Å². The van der Waals surface area contributed by atoms with Crippen LogP contribution in [0.3, 0.4) is 0 Å². The van der Waals surface area contributed by atoms with Crippen molar-refractivity contribution in [1.82, 2.24) is 0 Å². The van der Waals surface area contributed by atoms with E-state index in [1.807, 2.05) is 0 Å². The molecule has 3 heteroatoms. The Morgan fingerprint density at radius 2 is 0.913 bits per heavy atom. The first kappa shape index (κ1) is 22.4. The van der Waals surface area contributed by atoms with Crippen LogP contribution in [-0.2, 0) is 0 Å². The van der Waals surface area contributed by atoms with Crippen LogP contribution in [-0.4, -0.2) is 11.0 Å². The van der Waals surface area contributed by atoms with Crippen molar-refractivity contribution < 1.29 is 4.92 Å². The summed E-state index contributed by atoms with van der Waals surface area (Å²) in [6.45, 7) is 4.47. The van der Waals surface area contributed by atoms with Gasteiger partial charge in [-0.05, 0) is 12.8 Å². The normalized spacial score (nSPS) is 12.4. The fourth-order valence-electron chi connectivity index (χ4n) is 3.21. The summed E-state index contributed by atoms with van der Waals surface area (Å²) in [5.74, 6) is 0. The molecule has 1 atom stereocenters. The molecule has 0 bridgehead atoms. The number of nitro groups is 1. The van der Waals surface area contributed by atoms with Crippen molar-refractivity contribution in [3.63, 3.8) is 0 Å². The van der Waals surface area contributed by atoms with Crippen molar-refractivity contribution in [3.8, 4) is 0 Å². The molecule has 0 heterocycles. The molecule has 0 N–H and O–H groups in total. The summed E-state index contributed by atoms with van der Waals surface area (Å²) >= 11 is 0. The number of unbranched alkanes of at least 4 members (excludes halogenated alkanes) is 13. The van der Waals surface area contributed by atoms with E-state index in [4.69, 9.17) is 0 Å². The number of nitrogens with zero attached hydrogens (tertiary/aromatic N) is 1. The maximum absolute atomic E-state index is 11.1. The summed E-state index contributed by atoms with van der Waals surface area (Å²) < 4.78 is 0. The summed E-state index contributed by atoms with van der Waals surface area (Å²) in [5.41, 5.74) is 0. The standard InChI is InChI=1S/C20H41NO2/c1-3-5-7-9-11-13-15-17-19-20(21(22)23)18-16-14-12-10-8-6-4-2/h20H,3-19H2,1-2H3. The highest BCUT2D eigenvalue weighted by Gasteiger charge is 2.18. The Bertz CT molecular complexity index is 256. The molecule has 0 aromatic heterocycles. The van der Waals surface area contributed by atoms with Crippen molar-refractivity contribution in [2.24, 2.45) is 0 Å². The van der Waals surface area contributed by atoms with Gasteiger partial charge in [-0.15, -0.1) is 0 Å². The van der Waals surface area contributed by atoms with Gasteiger partial charge in [-0.1, -0.05) is 97.3 Å². The summed E-state index contributed by atoms with van der Waals surface area (Å²) in [7, 11) is 0. The number of hydrogen-bond acceptors (Lipinski definition) is 2. The van der Waals surface area contributed by atoms with Gasteiger partial charge in [-0.25, -0.2) is 0 Å². The molecule has 0 aromatic carbocycles. The molecule has 138 valence electrons. The van der Waals surface area contributed by atoms with Gasteiger partial charge in [0, 0.05) is 17.8 Å². The Labute approximate surface area is 144 Å². The SMILES string of the molecule is CCCCCCCCCCC(CCCCCCCCC)[N+](=O)[O-]. The average molecular weight is 328 g/mol. The largest absolute Gasteiger partial charge is 0.264 e. The maximum atomic E-state index is 11.1. The minimum atomic E-state index is -0.286. The second-order valence-electron chi connectivity index (χ2n) is 7.11. The van der Waals surface area contributed by atoms with Crippen LogP contribution in [0.2, 0.25) is 0 Å². The number of rotatable bonds is 18. The summed E-state index contributed by atoms with van der Waals surface area (Å²) in [6, 6.07) is -0.286. The second kappa shape index (κ2) is 17.7. The highest BCUT2D eigenvalue weighted by molar-refractivity contribution is 4.59. The highest BCUT2D eigenvalue weighted by atomic mass is 16.6. The van der Waals surface area contributed by atoms with Gasteiger partial charge >= 0.3 is 0 Å². The Morgan fingerprint density at radius 3 is 1.22 bits per heavy atom. The van der Waals surface area contributed by atoms with Gasteiger partial charge in [0.25, 0.3) is 0 Å². The zero-order valence-corrected chi connectivity index (χ0v) is 15.9. The smallest absolute Gasteiger partial charge is 0.213 e. The predicted octanol–water partition coefficient (Wildman–Crippen LogP) is 7.30. The van der Waals surface area contributed by atoms with E-state index in [-0.39, 0.29) is 11.0 Å². The van der Waals surface area contributed by atoms with Crippen LogP contribution in [0.25, 0.3) is 0 Å². The predicted molar refractivity (Wildman–Crippen MR) is 101 cm³/mol. The van der Waals surface area contributed by atoms with Crippen molar-refractivity contribution in [2.45, 2.75) is 129 Å². The third kappa shape index (κ3) is 16.1. The molecule has 3 nitrogen and oxygen atoms in total. The first-order valence-electron chi connectivity index (χ1n) is 10.4. The number of hydrogen-bond donors (Lipinski definition) is 0. The summed E-state index contributed by atoms with van der Waals surface area (Å²) in [4.78, 5) is 11.1. The van der Waals surface area contributed by atoms with Crippen LogP contribution in [0.15, 0.2) is 0 Å². The van der Waals surface area contributed by atoms with Gasteiger partial charge in [-0.3, -0.25) is 10.1 Å². The first-order valence-corrected chi connectivity index (χ1v) is 10.4. The van der Waals surface area contributed by atoms with E-state index in [0.29, 0.717) is 0 Å². The molecule has 0 aliphatic rings. The topological polar surface area (TPSA) is 43.1 Å². The quantitative estimate of drug-likeness (QED) is 0.150. The van der Waals surface area contributed by atoms with E-state index in [9.17, 15) is 10.1 Å². The van der Waals surface area contributed by atoms with Crippen molar-refractivity contribution in [2.75, 3.05) is 0 Å². The molecule has 23 heavy (non-hydrogen) atoms. The maximum Gasteiger partial charge on any atom is 0.213 e. The molecule has 0 aliphatic heterocycles. The summed E-state index contributed by atoms with van der Waals surface area (Å²) in [5, 5.41) is 11.1. The fourth-order valence-corrected chi connectivity index (χ4v) is 3.21. The lowest BCUT2D eigenvalue weighted by Gasteiger charge is -2.09. The van der Waals surface area contributed by atoms with Crippen LogP contribution >= 0.6 is 0 Å². The van der Waals surface area contributed by atoms with Gasteiger partial charge < -0.3 is 0 Å². The molecule has 0 spiro atoms. The zero-order chi connectivity index (χ0) is 17.2. The van der Waals surface area contributed by atoms with Gasteiger partial charge in [0.2, 0.25) is 6.04 Å². The van der Waals surface area contributed by atoms with Gasteiger partial charge in [0.1, 0.15) is 0 Å². The zero-order valence-electron chi connectivity index (χ0n) is 15.9. The van der Waals surface area contributed by atoms with Crippen LogP contribution in [0, 0.1) is 10.1 Å². The van der Waals surface area contributed by atoms with Crippen LogP contribution in [0.5, 0.6) is 0 Å². The molecule has 0 saturated heterocycles. The van der Waals surface area contributed by atoms with Gasteiger partial charge in [-0.2, -0.15) is 0 Å². The lowest BCUT2D eigenvalue weighted by molar-refractivity contribution is -0.524. The monoisotopic (exact) mass is 327 g/mol. The van der Waals surface area contributed by atoms with Crippen LogP contribution in [0.1, 0.15) is 123 Å². The molecular weight excluding hydrogens is 286 g/mol. The average Bonchev–Trinajstić information content (AvgIpc) is 2.54. The Kier molecular flexibility index (Phi) is 17.3. The van der Waals surface area contributed by atoms with E-state index in [2.05, 4.69) is 13.8 Å². The van der Waals surface area contributed by atoms with Crippen LogP contribution < -0.4 is 0 Å². The molecule has 0 aromatic rings. The van der Waals surface area contributed by atoms with E-state index < -0.39 is 0 Å². The Morgan fingerprint density at radius 1 is 0.609 bits per heavy atom. The first-order chi connectivity index (χ1) is 11.2. The summed E-state index contributed by atoms with van der Waals surface area (Å²) in [6.07, 6.45) is 20.4. The molecule has 0 fully saturated rings.